The van der Waals surface area contributed by atoms with Gasteiger partial charge in [-0.2, -0.15) is 0 Å². The molecular formula is C15H19N3OS. The maximum Gasteiger partial charge on any atom is 0.238 e. The van der Waals surface area contributed by atoms with E-state index < -0.39 is 0 Å². The third kappa shape index (κ3) is 4.36. The fourth-order valence-electron chi connectivity index (χ4n) is 1.88. The lowest BCUT2D eigenvalue weighted by molar-refractivity contribution is -0.117. The molecule has 106 valence electrons. The molecule has 0 aliphatic heterocycles. The molecule has 5 heteroatoms. The highest BCUT2D eigenvalue weighted by atomic mass is 32.1. The minimum Gasteiger partial charge on any atom is -0.397 e. The quantitative estimate of drug-likeness (QED) is 0.803. The summed E-state index contributed by atoms with van der Waals surface area (Å²) in [5.74, 6) is -0.0448. The van der Waals surface area contributed by atoms with Crippen molar-refractivity contribution in [2.75, 3.05) is 31.2 Å². The Morgan fingerprint density at radius 2 is 2.10 bits per heavy atom. The smallest absolute Gasteiger partial charge is 0.238 e. The molecule has 3 N–H and O–H groups in total. The topological polar surface area (TPSA) is 58.4 Å². The van der Waals surface area contributed by atoms with Crippen LogP contribution in [0, 0.1) is 0 Å². The monoisotopic (exact) mass is 289 g/mol. The molecule has 1 aromatic carbocycles. The molecule has 0 fully saturated rings. The molecule has 0 saturated carbocycles. The van der Waals surface area contributed by atoms with Gasteiger partial charge in [0.1, 0.15) is 0 Å². The number of benzene rings is 1. The van der Waals surface area contributed by atoms with Crippen LogP contribution in [0.15, 0.2) is 41.8 Å². The lowest BCUT2D eigenvalue weighted by Crippen LogP contribution is -2.31. The van der Waals surface area contributed by atoms with Gasteiger partial charge in [-0.3, -0.25) is 9.69 Å². The second-order valence-corrected chi connectivity index (χ2v) is 5.73. The first kappa shape index (κ1) is 14.6. The maximum absolute atomic E-state index is 11.9. The van der Waals surface area contributed by atoms with Gasteiger partial charge in [-0.05, 0) is 37.0 Å². The highest BCUT2D eigenvalue weighted by molar-refractivity contribution is 7.09. The van der Waals surface area contributed by atoms with Crippen molar-refractivity contribution in [1.82, 2.24) is 4.90 Å². The number of para-hydroxylation sites is 2. The van der Waals surface area contributed by atoms with Gasteiger partial charge in [0.05, 0.1) is 17.9 Å². The van der Waals surface area contributed by atoms with Gasteiger partial charge >= 0.3 is 0 Å². The third-order valence-corrected chi connectivity index (χ3v) is 3.90. The molecule has 0 spiro atoms. The second-order valence-electron chi connectivity index (χ2n) is 4.70. The standard InChI is InChI=1S/C15H19N3OS/c1-18(9-8-12-5-4-10-20-12)11-15(19)17-14-7-3-2-6-13(14)16/h2-7,10H,8-9,11,16H2,1H3,(H,17,19). The Kier molecular flexibility index (Phi) is 5.15. The normalized spacial score (nSPS) is 10.7. The van der Waals surface area contributed by atoms with E-state index in [1.54, 1.807) is 23.5 Å². The summed E-state index contributed by atoms with van der Waals surface area (Å²) in [6.07, 6.45) is 0.967. The fourth-order valence-corrected chi connectivity index (χ4v) is 2.58. The summed E-state index contributed by atoms with van der Waals surface area (Å²) >= 11 is 1.74. The minimum absolute atomic E-state index is 0.0448. The van der Waals surface area contributed by atoms with E-state index in [0.29, 0.717) is 17.9 Å². The largest absolute Gasteiger partial charge is 0.397 e. The number of nitrogens with zero attached hydrogens (tertiary/aromatic N) is 1. The molecule has 1 amide bonds. The number of thiophene rings is 1. The van der Waals surface area contributed by atoms with Crippen molar-refractivity contribution in [2.24, 2.45) is 0 Å². The summed E-state index contributed by atoms with van der Waals surface area (Å²) in [6, 6.07) is 11.4. The fraction of sp³-hybridized carbons (Fsp3) is 0.267. The van der Waals surface area contributed by atoms with Crippen LogP contribution < -0.4 is 11.1 Å². The number of rotatable bonds is 6. The minimum atomic E-state index is -0.0448. The molecular weight excluding hydrogens is 270 g/mol. The zero-order chi connectivity index (χ0) is 14.4. The van der Waals surface area contributed by atoms with Crippen LogP contribution in [-0.4, -0.2) is 30.9 Å². The number of nitrogen functional groups attached to an aromatic ring is 1. The first-order valence-corrected chi connectivity index (χ1v) is 7.38. The Labute approximate surface area is 123 Å². The van der Waals surface area contributed by atoms with Crippen LogP contribution in [0.4, 0.5) is 11.4 Å². The molecule has 0 bridgehead atoms. The predicted octanol–water partition coefficient (Wildman–Crippen LogP) is 2.44. The molecule has 2 aromatic rings. The Balaban J connectivity index is 1.78. The van der Waals surface area contributed by atoms with Crippen molar-refractivity contribution in [3.63, 3.8) is 0 Å². The summed E-state index contributed by atoms with van der Waals surface area (Å²) in [4.78, 5) is 15.3. The number of carbonyl (C=O) groups excluding carboxylic acids is 1. The highest BCUT2D eigenvalue weighted by Crippen LogP contribution is 2.16. The number of likely N-dealkylation sites (N-methyl/N-ethyl adjacent to an activating group) is 1. The van der Waals surface area contributed by atoms with Crippen molar-refractivity contribution in [1.29, 1.82) is 0 Å². The number of nitrogens with one attached hydrogen (secondary N) is 1. The summed E-state index contributed by atoms with van der Waals surface area (Å²) in [5, 5.41) is 4.90. The first-order valence-electron chi connectivity index (χ1n) is 6.50. The predicted molar refractivity (Wildman–Crippen MR) is 85.0 cm³/mol. The van der Waals surface area contributed by atoms with E-state index >= 15 is 0 Å². The van der Waals surface area contributed by atoms with E-state index in [1.807, 2.05) is 30.1 Å². The van der Waals surface area contributed by atoms with Gasteiger partial charge in [0.15, 0.2) is 0 Å². The molecule has 0 aliphatic carbocycles. The molecule has 1 aromatic heterocycles. The maximum atomic E-state index is 11.9. The Hall–Kier alpha value is -1.85. The molecule has 0 unspecified atom stereocenters. The summed E-state index contributed by atoms with van der Waals surface area (Å²) in [6.45, 7) is 1.22. The number of amides is 1. The summed E-state index contributed by atoms with van der Waals surface area (Å²) < 4.78 is 0. The van der Waals surface area contributed by atoms with E-state index in [4.69, 9.17) is 5.73 Å². The Bertz CT molecular complexity index is 554. The van der Waals surface area contributed by atoms with E-state index in [1.165, 1.54) is 4.88 Å². The number of anilines is 2. The van der Waals surface area contributed by atoms with Crippen molar-refractivity contribution >= 4 is 28.6 Å². The van der Waals surface area contributed by atoms with Gasteiger partial charge in [-0.1, -0.05) is 18.2 Å². The molecule has 0 radical (unpaired) electrons. The SMILES string of the molecule is CN(CCc1cccs1)CC(=O)Nc1ccccc1N. The molecule has 20 heavy (non-hydrogen) atoms. The van der Waals surface area contributed by atoms with Gasteiger partial charge in [0.2, 0.25) is 5.91 Å². The van der Waals surface area contributed by atoms with Crippen molar-refractivity contribution in [2.45, 2.75) is 6.42 Å². The zero-order valence-electron chi connectivity index (χ0n) is 11.5. The molecule has 2 rings (SSSR count). The van der Waals surface area contributed by atoms with E-state index in [9.17, 15) is 4.79 Å². The number of nitrogens with two attached hydrogens (primary N) is 1. The van der Waals surface area contributed by atoms with Crippen LogP contribution in [0.2, 0.25) is 0 Å². The van der Waals surface area contributed by atoms with Crippen LogP contribution in [0.5, 0.6) is 0 Å². The van der Waals surface area contributed by atoms with E-state index in [-0.39, 0.29) is 5.91 Å². The number of hydrogen-bond acceptors (Lipinski definition) is 4. The van der Waals surface area contributed by atoms with Crippen LogP contribution >= 0.6 is 11.3 Å². The zero-order valence-corrected chi connectivity index (χ0v) is 12.3. The van der Waals surface area contributed by atoms with Crippen LogP contribution in [-0.2, 0) is 11.2 Å². The van der Waals surface area contributed by atoms with Crippen molar-refractivity contribution in [3.05, 3.63) is 46.7 Å². The molecule has 1 heterocycles. The van der Waals surface area contributed by atoms with Crippen molar-refractivity contribution in [3.8, 4) is 0 Å². The summed E-state index contributed by atoms with van der Waals surface area (Å²) in [7, 11) is 1.95. The number of carbonyl (C=O) groups is 1. The van der Waals surface area contributed by atoms with E-state index in [0.717, 1.165) is 13.0 Å². The average Bonchev–Trinajstić information content (AvgIpc) is 2.92. The second kappa shape index (κ2) is 7.07. The molecule has 0 aliphatic rings. The average molecular weight is 289 g/mol. The first-order chi connectivity index (χ1) is 9.65. The Morgan fingerprint density at radius 1 is 1.30 bits per heavy atom. The van der Waals surface area contributed by atoms with Crippen molar-refractivity contribution < 1.29 is 4.79 Å². The van der Waals surface area contributed by atoms with Crippen LogP contribution in [0.1, 0.15) is 4.88 Å². The van der Waals surface area contributed by atoms with Gasteiger partial charge in [-0.25, -0.2) is 0 Å². The summed E-state index contributed by atoms with van der Waals surface area (Å²) in [5.41, 5.74) is 7.05. The molecule has 0 saturated heterocycles. The van der Waals surface area contributed by atoms with Gasteiger partial charge in [-0.15, -0.1) is 11.3 Å². The van der Waals surface area contributed by atoms with Gasteiger partial charge in [0, 0.05) is 11.4 Å². The third-order valence-electron chi connectivity index (χ3n) is 2.97. The van der Waals surface area contributed by atoms with Crippen LogP contribution in [0.3, 0.4) is 0 Å². The lowest BCUT2D eigenvalue weighted by Gasteiger charge is -2.16. The highest BCUT2D eigenvalue weighted by Gasteiger charge is 2.08. The van der Waals surface area contributed by atoms with Gasteiger partial charge < -0.3 is 11.1 Å². The molecule has 4 nitrogen and oxygen atoms in total. The molecule has 0 atom stereocenters. The van der Waals surface area contributed by atoms with E-state index in [2.05, 4.69) is 16.8 Å². The number of hydrogen-bond donors (Lipinski definition) is 2. The Morgan fingerprint density at radius 3 is 2.80 bits per heavy atom. The van der Waals surface area contributed by atoms with Crippen LogP contribution in [0.25, 0.3) is 0 Å². The van der Waals surface area contributed by atoms with Gasteiger partial charge in [0.25, 0.3) is 0 Å². The lowest BCUT2D eigenvalue weighted by atomic mass is 10.2.